The molecule has 0 N–H and O–H groups in total. The first kappa shape index (κ1) is 17.7. The highest BCUT2D eigenvalue weighted by Gasteiger charge is 2.38. The average Bonchev–Trinajstić information content (AvgIpc) is 2.37. The van der Waals surface area contributed by atoms with Gasteiger partial charge in [0.2, 0.25) is 0 Å². The van der Waals surface area contributed by atoms with Gasteiger partial charge in [-0.25, -0.2) is 4.79 Å². The number of rotatable bonds is 6. The Bertz CT molecular complexity index is 443. The van der Waals surface area contributed by atoms with Crippen molar-refractivity contribution in [3.05, 3.63) is 11.6 Å². The van der Waals surface area contributed by atoms with Crippen molar-refractivity contribution < 1.29 is 23.9 Å². The smallest absolute Gasteiger partial charge is 0.334 e. The molecule has 0 aromatic carbocycles. The highest BCUT2D eigenvalue weighted by atomic mass is 35.5. The van der Waals surface area contributed by atoms with Crippen molar-refractivity contribution in [3.8, 4) is 0 Å². The Morgan fingerprint density at radius 1 is 1.19 bits per heavy atom. The first-order chi connectivity index (χ1) is 9.61. The van der Waals surface area contributed by atoms with E-state index in [4.69, 9.17) is 4.74 Å². The van der Waals surface area contributed by atoms with Crippen molar-refractivity contribution in [2.24, 2.45) is 11.8 Å². The number of carbonyl (C=O) groups is 3. The molecule has 0 radical (unpaired) electrons. The standard InChI is InChI=1S/C15H20O5.ClH/c1-2-19-14(17)8-11(16)9-20-15(18)13-5-3-4-10-6-7-12(10)13;/h5,10,12H,2-4,6-9H2,1H3;1H. The molecule has 2 atom stereocenters. The molecule has 2 aliphatic rings. The molecule has 0 spiro atoms. The van der Waals surface area contributed by atoms with Crippen LogP contribution in [-0.4, -0.2) is 30.9 Å². The van der Waals surface area contributed by atoms with Crippen LogP contribution >= 0.6 is 12.4 Å². The van der Waals surface area contributed by atoms with Crippen LogP contribution in [0.4, 0.5) is 0 Å². The van der Waals surface area contributed by atoms with Crippen molar-refractivity contribution in [2.45, 2.75) is 39.0 Å². The largest absolute Gasteiger partial charge is 0.466 e. The molecule has 5 nitrogen and oxygen atoms in total. The van der Waals surface area contributed by atoms with E-state index in [9.17, 15) is 14.4 Å². The maximum Gasteiger partial charge on any atom is 0.334 e. The van der Waals surface area contributed by atoms with Crippen LogP contribution in [0, 0.1) is 11.8 Å². The number of hydrogen-bond donors (Lipinski definition) is 0. The fourth-order valence-corrected chi connectivity index (χ4v) is 2.82. The molecule has 0 saturated heterocycles. The van der Waals surface area contributed by atoms with Crippen molar-refractivity contribution >= 4 is 30.1 Å². The summed E-state index contributed by atoms with van der Waals surface area (Å²) in [6, 6.07) is 0. The van der Waals surface area contributed by atoms with Gasteiger partial charge >= 0.3 is 11.9 Å². The van der Waals surface area contributed by atoms with Crippen LogP contribution in [0.5, 0.6) is 0 Å². The summed E-state index contributed by atoms with van der Waals surface area (Å²) >= 11 is 0. The minimum Gasteiger partial charge on any atom is -0.466 e. The zero-order chi connectivity index (χ0) is 14.5. The molecule has 6 heteroatoms. The van der Waals surface area contributed by atoms with Gasteiger partial charge < -0.3 is 9.47 Å². The maximum atomic E-state index is 11.9. The van der Waals surface area contributed by atoms with Gasteiger partial charge in [0.15, 0.2) is 12.4 Å². The fraction of sp³-hybridized carbons (Fsp3) is 0.667. The van der Waals surface area contributed by atoms with E-state index in [0.717, 1.165) is 24.8 Å². The summed E-state index contributed by atoms with van der Waals surface area (Å²) in [6.45, 7) is 1.56. The zero-order valence-corrected chi connectivity index (χ0v) is 12.9. The Labute approximate surface area is 130 Å². The Hall–Kier alpha value is -1.36. The lowest BCUT2D eigenvalue weighted by Crippen LogP contribution is -2.34. The number of ketones is 1. The Kier molecular flexibility index (Phi) is 6.89. The lowest BCUT2D eigenvalue weighted by atomic mass is 9.65. The van der Waals surface area contributed by atoms with Crippen LogP contribution < -0.4 is 0 Å². The van der Waals surface area contributed by atoms with Crippen molar-refractivity contribution in [1.82, 2.24) is 0 Å². The van der Waals surface area contributed by atoms with Gasteiger partial charge in [-0.1, -0.05) is 6.08 Å². The predicted molar refractivity (Wildman–Crippen MR) is 78.0 cm³/mol. The highest BCUT2D eigenvalue weighted by Crippen LogP contribution is 2.45. The molecule has 0 aromatic heterocycles. The number of fused-ring (bicyclic) bond motifs is 1. The molecule has 21 heavy (non-hydrogen) atoms. The first-order valence-electron chi connectivity index (χ1n) is 7.16. The summed E-state index contributed by atoms with van der Waals surface area (Å²) < 4.78 is 9.67. The summed E-state index contributed by atoms with van der Waals surface area (Å²) in [4.78, 5) is 34.5. The Balaban J connectivity index is 0.00000220. The number of ether oxygens (including phenoxy) is 2. The van der Waals surface area contributed by atoms with Gasteiger partial charge in [-0.2, -0.15) is 0 Å². The van der Waals surface area contributed by atoms with Gasteiger partial charge in [0.25, 0.3) is 0 Å². The van der Waals surface area contributed by atoms with E-state index < -0.39 is 17.7 Å². The summed E-state index contributed by atoms with van der Waals surface area (Å²) in [6.07, 6.45) is 5.84. The molecule has 2 aliphatic carbocycles. The Morgan fingerprint density at radius 2 is 1.95 bits per heavy atom. The number of allylic oxidation sites excluding steroid dienone is 1. The lowest BCUT2D eigenvalue weighted by Gasteiger charge is -2.40. The molecule has 0 amide bonds. The summed E-state index contributed by atoms with van der Waals surface area (Å²) in [5.41, 5.74) is 0.719. The van der Waals surface area contributed by atoms with Gasteiger partial charge in [-0.15, -0.1) is 12.4 Å². The topological polar surface area (TPSA) is 69.7 Å². The van der Waals surface area contributed by atoms with Crippen molar-refractivity contribution in [2.75, 3.05) is 13.2 Å². The van der Waals surface area contributed by atoms with Crippen LogP contribution in [0.2, 0.25) is 0 Å². The molecule has 1 fully saturated rings. The zero-order valence-electron chi connectivity index (χ0n) is 12.1. The van der Waals surface area contributed by atoms with Crippen molar-refractivity contribution in [1.29, 1.82) is 0 Å². The maximum absolute atomic E-state index is 11.9. The van der Waals surface area contributed by atoms with Crippen LogP contribution in [0.25, 0.3) is 0 Å². The highest BCUT2D eigenvalue weighted by molar-refractivity contribution is 5.98. The number of Topliss-reactive ketones (excluding diaryl/α,β-unsaturated/α-hetero) is 1. The lowest BCUT2D eigenvalue weighted by molar-refractivity contribution is -0.150. The van der Waals surface area contributed by atoms with E-state index >= 15 is 0 Å². The third-order valence-electron chi connectivity index (χ3n) is 3.97. The molecule has 2 rings (SSSR count). The van der Waals surface area contributed by atoms with Crippen LogP contribution in [0.3, 0.4) is 0 Å². The quantitative estimate of drug-likeness (QED) is 0.555. The SMILES string of the molecule is CCOC(=O)CC(=O)COC(=O)C1=CCCC2CCC12.Cl. The van der Waals surface area contributed by atoms with Gasteiger partial charge in [-0.3, -0.25) is 9.59 Å². The summed E-state index contributed by atoms with van der Waals surface area (Å²) in [7, 11) is 0. The monoisotopic (exact) mass is 316 g/mol. The second-order valence-corrected chi connectivity index (χ2v) is 5.28. The minimum absolute atomic E-state index is 0. The number of hydrogen-bond acceptors (Lipinski definition) is 5. The Morgan fingerprint density at radius 3 is 2.57 bits per heavy atom. The van der Waals surface area contributed by atoms with Crippen molar-refractivity contribution in [3.63, 3.8) is 0 Å². The first-order valence-corrected chi connectivity index (χ1v) is 7.16. The molecule has 0 aromatic rings. The molecular weight excluding hydrogens is 296 g/mol. The summed E-state index contributed by atoms with van der Waals surface area (Å²) in [5.74, 6) is -0.492. The molecule has 118 valence electrons. The van der Waals surface area contributed by atoms with E-state index in [1.54, 1.807) is 6.92 Å². The number of halogens is 1. The molecule has 0 aliphatic heterocycles. The van der Waals surface area contributed by atoms with Gasteiger partial charge in [-0.05, 0) is 44.4 Å². The molecule has 0 heterocycles. The molecule has 0 bridgehead atoms. The molecular formula is C15H21ClO5. The number of carbonyl (C=O) groups excluding carboxylic acids is 3. The normalized spacial score (nSPS) is 22.8. The van der Waals surface area contributed by atoms with Crippen LogP contribution in [-0.2, 0) is 23.9 Å². The fourth-order valence-electron chi connectivity index (χ4n) is 2.82. The van der Waals surface area contributed by atoms with E-state index in [1.165, 1.54) is 6.42 Å². The predicted octanol–water partition coefficient (Wildman–Crippen LogP) is 2.22. The average molecular weight is 317 g/mol. The van der Waals surface area contributed by atoms with E-state index in [0.29, 0.717) is 11.8 Å². The van der Waals surface area contributed by atoms with Crippen LogP contribution in [0.15, 0.2) is 11.6 Å². The van der Waals surface area contributed by atoms with E-state index in [2.05, 4.69) is 4.74 Å². The molecule has 1 saturated carbocycles. The number of esters is 2. The molecule has 2 unspecified atom stereocenters. The minimum atomic E-state index is -0.579. The third-order valence-corrected chi connectivity index (χ3v) is 3.97. The second kappa shape index (κ2) is 8.17. The van der Waals surface area contributed by atoms with Crippen LogP contribution in [0.1, 0.15) is 39.0 Å². The van der Waals surface area contributed by atoms with Gasteiger partial charge in [0.1, 0.15) is 6.42 Å². The third kappa shape index (κ3) is 4.56. The van der Waals surface area contributed by atoms with E-state index in [-0.39, 0.29) is 32.0 Å². The van der Waals surface area contributed by atoms with Gasteiger partial charge in [0, 0.05) is 5.57 Å². The second-order valence-electron chi connectivity index (χ2n) is 5.28. The van der Waals surface area contributed by atoms with Gasteiger partial charge in [0.05, 0.1) is 6.61 Å². The summed E-state index contributed by atoms with van der Waals surface area (Å²) in [5, 5.41) is 0. The van der Waals surface area contributed by atoms with E-state index in [1.807, 2.05) is 6.08 Å².